The fourth-order valence-corrected chi connectivity index (χ4v) is 5.28. The van der Waals surface area contributed by atoms with Crippen LogP contribution in [0.25, 0.3) is 21.9 Å². The van der Waals surface area contributed by atoms with Crippen LogP contribution in [0.2, 0.25) is 5.02 Å². The van der Waals surface area contributed by atoms with E-state index < -0.39 is 23.9 Å². The molecule has 5 rings (SSSR count). The van der Waals surface area contributed by atoms with Gasteiger partial charge in [-0.1, -0.05) is 24.4 Å². The van der Waals surface area contributed by atoms with E-state index in [1.165, 1.54) is 6.20 Å². The lowest BCUT2D eigenvalue weighted by Crippen LogP contribution is -2.45. The number of amides is 1. The Morgan fingerprint density at radius 3 is 2.86 bits per heavy atom. The molecule has 2 atom stereocenters. The predicted octanol–water partition coefficient (Wildman–Crippen LogP) is 5.77. The third kappa shape index (κ3) is 3.98. The Morgan fingerprint density at radius 1 is 1.29 bits per heavy atom. The van der Waals surface area contributed by atoms with Crippen molar-refractivity contribution in [3.05, 3.63) is 40.9 Å². The van der Waals surface area contributed by atoms with E-state index >= 15 is 4.39 Å². The van der Waals surface area contributed by atoms with Gasteiger partial charge in [-0.3, -0.25) is 4.90 Å². The van der Waals surface area contributed by atoms with Crippen LogP contribution in [0.1, 0.15) is 31.2 Å². The molecule has 8 nitrogen and oxygen atoms in total. The molecule has 1 aromatic carbocycles. The molecule has 1 saturated carbocycles. The molecule has 0 spiro atoms. The Bertz CT molecular complexity index is 1380. The smallest absolute Gasteiger partial charge is 0.413 e. The molecule has 10 heteroatoms. The van der Waals surface area contributed by atoms with Gasteiger partial charge in [-0.15, -0.1) is 0 Å². The summed E-state index contributed by atoms with van der Waals surface area (Å²) in [5.41, 5.74) is 2.27. The third-order valence-electron chi connectivity index (χ3n) is 6.80. The lowest BCUT2D eigenvalue weighted by atomic mass is 9.84. The van der Waals surface area contributed by atoms with Crippen molar-refractivity contribution in [3.63, 3.8) is 0 Å². The number of halogens is 2. The van der Waals surface area contributed by atoms with Gasteiger partial charge in [0.2, 0.25) is 5.88 Å². The van der Waals surface area contributed by atoms with Gasteiger partial charge in [0, 0.05) is 35.5 Å². The van der Waals surface area contributed by atoms with Crippen molar-refractivity contribution in [1.29, 1.82) is 5.26 Å². The number of fused-ring (bicyclic) bond motifs is 2. The number of rotatable bonds is 3. The molecule has 180 valence electrons. The SMILES string of the molecule is Cc1c(-c2cc3cc(N(C(=O)O)[C@@H]4CCCC[C@@H]4C#N)ncc3c(Cl)c2F)cnc2c1NCCO2. The summed E-state index contributed by atoms with van der Waals surface area (Å²) in [6, 6.07) is 4.97. The number of nitrogens with zero attached hydrogens (tertiary/aromatic N) is 4. The van der Waals surface area contributed by atoms with E-state index in [2.05, 4.69) is 21.4 Å². The van der Waals surface area contributed by atoms with Gasteiger partial charge in [-0.2, -0.15) is 5.26 Å². The molecular formula is C25H23ClFN5O3. The largest absolute Gasteiger partial charge is 0.474 e. The van der Waals surface area contributed by atoms with Gasteiger partial charge in [-0.05, 0) is 42.8 Å². The number of aromatic nitrogens is 2. The van der Waals surface area contributed by atoms with Gasteiger partial charge in [0.1, 0.15) is 23.9 Å². The van der Waals surface area contributed by atoms with Gasteiger partial charge in [0.05, 0.1) is 23.1 Å². The number of nitriles is 1. The fourth-order valence-electron chi connectivity index (χ4n) is 5.02. The van der Waals surface area contributed by atoms with Crippen LogP contribution in [0.5, 0.6) is 5.88 Å². The Hall–Kier alpha value is -3.64. The minimum atomic E-state index is -1.18. The van der Waals surface area contributed by atoms with Crippen molar-refractivity contribution in [2.24, 2.45) is 5.92 Å². The second-order valence-corrected chi connectivity index (χ2v) is 9.19. The number of nitrogens with one attached hydrogen (secondary N) is 1. The van der Waals surface area contributed by atoms with Gasteiger partial charge < -0.3 is 15.2 Å². The van der Waals surface area contributed by atoms with Crippen LogP contribution >= 0.6 is 11.6 Å². The number of carbonyl (C=O) groups is 1. The number of anilines is 2. The molecule has 2 N–H and O–H groups in total. The van der Waals surface area contributed by atoms with Crippen molar-refractivity contribution >= 4 is 40.0 Å². The van der Waals surface area contributed by atoms with Crippen LogP contribution in [0, 0.1) is 30.0 Å². The summed E-state index contributed by atoms with van der Waals surface area (Å²) in [5.74, 6) is -0.375. The maximum Gasteiger partial charge on any atom is 0.413 e. The molecule has 0 radical (unpaired) electrons. The Labute approximate surface area is 206 Å². The summed E-state index contributed by atoms with van der Waals surface area (Å²) >= 11 is 6.42. The van der Waals surface area contributed by atoms with Gasteiger partial charge in [-0.25, -0.2) is 19.2 Å². The van der Waals surface area contributed by atoms with Gasteiger partial charge in [0.25, 0.3) is 0 Å². The first-order chi connectivity index (χ1) is 16.9. The number of carboxylic acid groups (broad SMARTS) is 1. The van der Waals surface area contributed by atoms with E-state index in [4.69, 9.17) is 16.3 Å². The maximum atomic E-state index is 15.4. The van der Waals surface area contributed by atoms with Gasteiger partial charge >= 0.3 is 6.09 Å². The van der Waals surface area contributed by atoms with Crippen LogP contribution in [-0.2, 0) is 0 Å². The molecule has 1 aliphatic carbocycles. The zero-order valence-electron chi connectivity index (χ0n) is 19.0. The topological polar surface area (TPSA) is 111 Å². The van der Waals surface area contributed by atoms with Crippen molar-refractivity contribution in [2.75, 3.05) is 23.4 Å². The third-order valence-corrected chi connectivity index (χ3v) is 7.17. The summed E-state index contributed by atoms with van der Waals surface area (Å²) in [4.78, 5) is 22.0. The molecule has 35 heavy (non-hydrogen) atoms. The minimum absolute atomic E-state index is 0.104. The lowest BCUT2D eigenvalue weighted by molar-refractivity contribution is 0.193. The molecule has 1 amide bonds. The van der Waals surface area contributed by atoms with E-state index in [0.29, 0.717) is 53.9 Å². The van der Waals surface area contributed by atoms with Crippen molar-refractivity contribution < 1.29 is 19.0 Å². The Morgan fingerprint density at radius 2 is 2.09 bits per heavy atom. The summed E-state index contributed by atoms with van der Waals surface area (Å²) in [7, 11) is 0. The van der Waals surface area contributed by atoms with Crippen molar-refractivity contribution in [3.8, 4) is 23.1 Å². The van der Waals surface area contributed by atoms with Crippen LogP contribution in [0.3, 0.4) is 0 Å². The predicted molar refractivity (Wildman–Crippen MR) is 131 cm³/mol. The Balaban J connectivity index is 1.64. The summed E-state index contributed by atoms with van der Waals surface area (Å²) < 4.78 is 21.0. The van der Waals surface area contributed by atoms with Crippen molar-refractivity contribution in [1.82, 2.24) is 9.97 Å². The molecule has 0 bridgehead atoms. The summed E-state index contributed by atoms with van der Waals surface area (Å²) in [6.07, 6.45) is 4.69. The first kappa shape index (κ1) is 23.1. The van der Waals surface area contributed by atoms with E-state index in [1.807, 2.05) is 6.92 Å². The molecule has 0 saturated heterocycles. The number of benzene rings is 1. The molecule has 3 heterocycles. The van der Waals surface area contributed by atoms with Crippen LogP contribution in [0.15, 0.2) is 24.5 Å². The number of hydrogen-bond acceptors (Lipinski definition) is 6. The molecule has 0 unspecified atom stereocenters. The fraction of sp³-hybridized carbons (Fsp3) is 0.360. The molecule has 2 aromatic heterocycles. The normalized spacial score (nSPS) is 19.3. The zero-order chi connectivity index (χ0) is 24.7. The van der Waals surface area contributed by atoms with Crippen molar-refractivity contribution in [2.45, 2.75) is 38.6 Å². The average molecular weight is 496 g/mol. The second-order valence-electron chi connectivity index (χ2n) is 8.81. The highest BCUT2D eigenvalue weighted by molar-refractivity contribution is 6.36. The van der Waals surface area contributed by atoms with Gasteiger partial charge in [0.15, 0.2) is 0 Å². The quantitative estimate of drug-likeness (QED) is 0.474. The monoisotopic (exact) mass is 495 g/mol. The van der Waals surface area contributed by atoms with Crippen LogP contribution in [-0.4, -0.2) is 40.4 Å². The minimum Gasteiger partial charge on any atom is -0.474 e. The molecule has 1 fully saturated rings. The highest BCUT2D eigenvalue weighted by atomic mass is 35.5. The lowest BCUT2D eigenvalue weighted by Gasteiger charge is -2.34. The molecule has 1 aliphatic heterocycles. The van der Waals surface area contributed by atoms with E-state index in [9.17, 15) is 15.2 Å². The summed E-state index contributed by atoms with van der Waals surface area (Å²) in [6.45, 7) is 2.97. The summed E-state index contributed by atoms with van der Waals surface area (Å²) in [5, 5.41) is 23.6. The van der Waals surface area contributed by atoms with Crippen LogP contribution in [0.4, 0.5) is 20.7 Å². The first-order valence-electron chi connectivity index (χ1n) is 11.5. The molecular weight excluding hydrogens is 473 g/mol. The maximum absolute atomic E-state index is 15.4. The number of hydrogen-bond donors (Lipinski definition) is 2. The molecule has 3 aromatic rings. The molecule has 2 aliphatic rings. The standard InChI is InChI=1S/C25H23ClFN5O3/c1-13-17(11-31-24-23(13)29-6-7-35-24)16-8-15-9-20(30-12-18(15)21(26)22(16)27)32(25(33)34)19-5-3-2-4-14(19)10-28/h8-9,11-12,14,19,29H,2-7H2,1H3,(H,33,34)/t14-,19-/m1/s1. The van der Waals surface area contributed by atoms with E-state index in [1.54, 1.807) is 18.3 Å². The Kier molecular flexibility index (Phi) is 6.07. The second kappa shape index (κ2) is 9.19. The van der Waals surface area contributed by atoms with E-state index in [0.717, 1.165) is 23.3 Å². The number of ether oxygens (including phenoxy) is 1. The zero-order valence-corrected chi connectivity index (χ0v) is 19.8. The number of pyridine rings is 2. The highest BCUT2D eigenvalue weighted by Gasteiger charge is 2.35. The highest BCUT2D eigenvalue weighted by Crippen LogP contribution is 2.41. The van der Waals surface area contributed by atoms with Crippen LogP contribution < -0.4 is 15.0 Å². The van der Waals surface area contributed by atoms with E-state index in [-0.39, 0.29) is 16.4 Å². The average Bonchev–Trinajstić information content (AvgIpc) is 2.87. The first-order valence-corrected chi connectivity index (χ1v) is 11.8.